The molecular weight excluding hydrogens is 384 g/mol. The summed E-state index contributed by atoms with van der Waals surface area (Å²) < 4.78 is 1.75. The molecule has 0 spiro atoms. The van der Waals surface area contributed by atoms with Gasteiger partial charge in [0.1, 0.15) is 0 Å². The van der Waals surface area contributed by atoms with Crippen molar-refractivity contribution in [2.45, 2.75) is 25.9 Å². The lowest BCUT2D eigenvalue weighted by Gasteiger charge is -2.16. The van der Waals surface area contributed by atoms with Crippen LogP contribution in [0.4, 0.5) is 5.69 Å². The average molecular weight is 404 g/mol. The molecule has 0 bridgehead atoms. The number of carbonyl (C=O) groups excluding carboxylic acids is 1. The van der Waals surface area contributed by atoms with E-state index >= 15 is 0 Å². The molecule has 1 saturated heterocycles. The Bertz CT molecular complexity index is 1180. The van der Waals surface area contributed by atoms with Crippen molar-refractivity contribution >= 4 is 17.1 Å². The number of likely N-dealkylation sites (tertiary alicyclic amines) is 1. The number of nitro groups is 1. The van der Waals surface area contributed by atoms with E-state index in [0.717, 1.165) is 24.0 Å². The summed E-state index contributed by atoms with van der Waals surface area (Å²) >= 11 is 0. The number of amides is 1. The van der Waals surface area contributed by atoms with Crippen molar-refractivity contribution in [3.05, 3.63) is 75.1 Å². The number of nitro benzene ring substituents is 1. The van der Waals surface area contributed by atoms with Gasteiger partial charge >= 0.3 is 0 Å². The summed E-state index contributed by atoms with van der Waals surface area (Å²) in [6, 6.07) is 9.97. The van der Waals surface area contributed by atoms with Gasteiger partial charge in [-0.3, -0.25) is 19.8 Å². The van der Waals surface area contributed by atoms with Gasteiger partial charge in [-0.15, -0.1) is 0 Å². The van der Waals surface area contributed by atoms with E-state index in [-0.39, 0.29) is 17.6 Å². The van der Waals surface area contributed by atoms with Gasteiger partial charge in [0.15, 0.2) is 0 Å². The molecule has 1 N–H and O–H groups in total. The zero-order chi connectivity index (χ0) is 21.3. The zero-order valence-electron chi connectivity index (χ0n) is 16.4. The van der Waals surface area contributed by atoms with E-state index < -0.39 is 4.92 Å². The van der Waals surface area contributed by atoms with Crippen molar-refractivity contribution in [2.24, 2.45) is 0 Å². The lowest BCUT2D eigenvalue weighted by Crippen LogP contribution is -2.37. The van der Waals surface area contributed by atoms with Gasteiger partial charge < -0.3 is 5.32 Å². The summed E-state index contributed by atoms with van der Waals surface area (Å²) in [6.45, 7) is 3.92. The Morgan fingerprint density at radius 3 is 3.00 bits per heavy atom. The number of pyridine rings is 1. The average Bonchev–Trinajstić information content (AvgIpc) is 3.34. The van der Waals surface area contributed by atoms with Crippen LogP contribution in [0.15, 0.2) is 42.7 Å². The molecule has 0 aliphatic carbocycles. The number of carbonyl (C=O) groups is 1. The Labute approximate surface area is 172 Å². The number of aryl methyl sites for hydroxylation is 1. The monoisotopic (exact) mass is 404 g/mol. The van der Waals surface area contributed by atoms with Crippen LogP contribution in [0.5, 0.6) is 0 Å². The second-order valence-electron chi connectivity index (χ2n) is 7.48. The first kappa shape index (κ1) is 19.5. The van der Waals surface area contributed by atoms with Crippen LogP contribution in [-0.2, 0) is 6.54 Å². The Balaban J connectivity index is 1.42. The lowest BCUT2D eigenvalue weighted by atomic mass is 10.1. The second kappa shape index (κ2) is 7.93. The number of non-ortho nitro benzene ring substituents is 1. The fraction of sp³-hybridized carbons (Fsp3) is 0.286. The summed E-state index contributed by atoms with van der Waals surface area (Å²) in [7, 11) is 0. The van der Waals surface area contributed by atoms with Crippen LogP contribution >= 0.6 is 0 Å². The molecule has 1 amide bonds. The Morgan fingerprint density at radius 1 is 1.40 bits per heavy atom. The molecule has 1 aromatic carbocycles. The third kappa shape index (κ3) is 3.86. The van der Waals surface area contributed by atoms with Crippen LogP contribution in [-0.4, -0.2) is 44.5 Å². The second-order valence-corrected chi connectivity index (χ2v) is 7.48. The summed E-state index contributed by atoms with van der Waals surface area (Å²) in [4.78, 5) is 25.4. The van der Waals surface area contributed by atoms with Crippen LogP contribution in [0.1, 0.15) is 33.5 Å². The van der Waals surface area contributed by atoms with Gasteiger partial charge in [0.05, 0.1) is 28.3 Å². The van der Waals surface area contributed by atoms with Gasteiger partial charge in [0, 0.05) is 55.1 Å². The van der Waals surface area contributed by atoms with Crippen LogP contribution in [0.2, 0.25) is 0 Å². The molecule has 0 unspecified atom stereocenters. The summed E-state index contributed by atoms with van der Waals surface area (Å²) in [5, 5.41) is 27.5. The summed E-state index contributed by atoms with van der Waals surface area (Å²) in [5.74, 6) is -0.294. The Morgan fingerprint density at radius 2 is 2.23 bits per heavy atom. The maximum Gasteiger partial charge on any atom is 0.270 e. The highest BCUT2D eigenvalue weighted by atomic mass is 16.6. The van der Waals surface area contributed by atoms with Crippen LogP contribution in [0, 0.1) is 28.4 Å². The molecule has 0 saturated carbocycles. The molecule has 1 aliphatic rings. The highest BCUT2D eigenvalue weighted by molar-refractivity contribution is 5.96. The number of nitriles is 1. The van der Waals surface area contributed by atoms with Crippen LogP contribution < -0.4 is 5.32 Å². The number of fused-ring (bicyclic) bond motifs is 1. The van der Waals surface area contributed by atoms with Gasteiger partial charge in [-0.2, -0.15) is 10.4 Å². The van der Waals surface area contributed by atoms with Gasteiger partial charge in [0.2, 0.25) is 0 Å². The molecule has 9 heteroatoms. The predicted octanol–water partition coefficient (Wildman–Crippen LogP) is 2.43. The number of rotatable bonds is 5. The third-order valence-electron chi connectivity index (χ3n) is 5.41. The normalized spacial score (nSPS) is 16.5. The first-order valence-electron chi connectivity index (χ1n) is 9.59. The first-order chi connectivity index (χ1) is 14.4. The predicted molar refractivity (Wildman–Crippen MR) is 109 cm³/mol. The van der Waals surface area contributed by atoms with Crippen molar-refractivity contribution in [3.63, 3.8) is 0 Å². The van der Waals surface area contributed by atoms with E-state index in [1.54, 1.807) is 36.0 Å². The number of nitrogens with zero attached hydrogens (tertiary/aromatic N) is 5. The molecule has 2 aromatic heterocycles. The minimum Gasteiger partial charge on any atom is -0.348 e. The van der Waals surface area contributed by atoms with Gasteiger partial charge in [-0.05, 0) is 31.0 Å². The van der Waals surface area contributed by atoms with E-state index in [1.807, 2.05) is 6.07 Å². The van der Waals surface area contributed by atoms with Gasteiger partial charge in [0.25, 0.3) is 11.6 Å². The van der Waals surface area contributed by atoms with E-state index in [0.29, 0.717) is 29.8 Å². The smallest absolute Gasteiger partial charge is 0.270 e. The van der Waals surface area contributed by atoms with Crippen molar-refractivity contribution in [1.82, 2.24) is 19.8 Å². The largest absolute Gasteiger partial charge is 0.348 e. The molecule has 3 aromatic rings. The molecule has 1 aliphatic heterocycles. The Hall–Kier alpha value is -3.77. The highest BCUT2D eigenvalue weighted by Gasteiger charge is 2.26. The van der Waals surface area contributed by atoms with E-state index in [1.165, 1.54) is 12.1 Å². The van der Waals surface area contributed by atoms with Crippen molar-refractivity contribution in [1.29, 1.82) is 5.26 Å². The zero-order valence-corrected chi connectivity index (χ0v) is 16.4. The molecular formula is C21H20N6O3. The van der Waals surface area contributed by atoms with Gasteiger partial charge in [-0.25, -0.2) is 4.52 Å². The quantitative estimate of drug-likeness (QED) is 0.516. The minimum absolute atomic E-state index is 0.0346. The fourth-order valence-electron chi connectivity index (χ4n) is 3.79. The molecule has 1 atom stereocenters. The van der Waals surface area contributed by atoms with Crippen LogP contribution in [0.25, 0.3) is 5.52 Å². The summed E-state index contributed by atoms with van der Waals surface area (Å²) in [6.07, 6.45) is 4.36. The van der Waals surface area contributed by atoms with Crippen molar-refractivity contribution in [3.8, 4) is 6.07 Å². The van der Waals surface area contributed by atoms with E-state index in [9.17, 15) is 14.9 Å². The topological polar surface area (TPSA) is 117 Å². The molecule has 0 radical (unpaired) electrons. The van der Waals surface area contributed by atoms with Crippen LogP contribution in [0.3, 0.4) is 0 Å². The standard InChI is InChI=1S/C21H20N6O3/c1-14-2-3-18(27(29)30)9-19(14)21(28)24-17-5-6-25(13-17)12-16-11-23-26-7-4-15(10-22)8-20(16)26/h2-4,7-9,11,17H,5-6,12-13H2,1H3,(H,24,28)/t17-/m1/s1. The molecule has 4 rings (SSSR count). The number of hydrogen-bond donors (Lipinski definition) is 1. The molecule has 152 valence electrons. The fourth-order valence-corrected chi connectivity index (χ4v) is 3.79. The number of nitrogens with one attached hydrogen (secondary N) is 1. The molecule has 3 heterocycles. The SMILES string of the molecule is Cc1ccc([N+](=O)[O-])cc1C(=O)N[C@@H]1CCN(Cc2cnn3ccc(C#N)cc23)C1. The van der Waals surface area contributed by atoms with Gasteiger partial charge in [-0.1, -0.05) is 6.07 Å². The van der Waals surface area contributed by atoms with Crippen molar-refractivity contribution in [2.75, 3.05) is 13.1 Å². The summed E-state index contributed by atoms with van der Waals surface area (Å²) in [5.41, 5.74) is 3.44. The van der Waals surface area contributed by atoms with Crippen molar-refractivity contribution < 1.29 is 9.72 Å². The highest BCUT2D eigenvalue weighted by Crippen LogP contribution is 2.20. The maximum absolute atomic E-state index is 12.7. The number of benzene rings is 1. The maximum atomic E-state index is 12.7. The number of aromatic nitrogens is 2. The number of hydrogen-bond acceptors (Lipinski definition) is 6. The Kier molecular flexibility index (Phi) is 5.16. The minimum atomic E-state index is -0.499. The third-order valence-corrected chi connectivity index (χ3v) is 5.41. The molecule has 30 heavy (non-hydrogen) atoms. The first-order valence-corrected chi connectivity index (χ1v) is 9.59. The molecule has 9 nitrogen and oxygen atoms in total. The van der Waals surface area contributed by atoms with E-state index in [4.69, 9.17) is 5.26 Å². The molecule has 1 fully saturated rings. The lowest BCUT2D eigenvalue weighted by molar-refractivity contribution is -0.384. The van der Waals surface area contributed by atoms with E-state index in [2.05, 4.69) is 21.4 Å².